The van der Waals surface area contributed by atoms with Crippen molar-refractivity contribution in [2.45, 2.75) is 6.92 Å². The molecule has 110 valence electrons. The minimum atomic E-state index is -0.295. The largest absolute Gasteiger partial charge is 0.436 e. The van der Waals surface area contributed by atoms with Crippen molar-refractivity contribution in [3.63, 3.8) is 0 Å². The summed E-state index contributed by atoms with van der Waals surface area (Å²) >= 11 is 0. The number of nitrogens with zero attached hydrogens (tertiary/aromatic N) is 2. The Hall–Kier alpha value is -2.34. The van der Waals surface area contributed by atoms with Crippen LogP contribution in [0.3, 0.4) is 0 Å². The Morgan fingerprint density at radius 3 is 2.76 bits per heavy atom. The summed E-state index contributed by atoms with van der Waals surface area (Å²) < 4.78 is 10.6. The van der Waals surface area contributed by atoms with Crippen molar-refractivity contribution in [3.8, 4) is 0 Å². The van der Waals surface area contributed by atoms with E-state index in [4.69, 9.17) is 9.15 Å². The van der Waals surface area contributed by atoms with Gasteiger partial charge in [-0.15, -0.1) is 0 Å². The van der Waals surface area contributed by atoms with E-state index in [1.807, 2.05) is 24.3 Å². The van der Waals surface area contributed by atoms with E-state index < -0.39 is 0 Å². The molecule has 2 heterocycles. The molecule has 1 amide bonds. The number of nitrogens with one attached hydrogen (secondary N) is 1. The third-order valence-electron chi connectivity index (χ3n) is 3.35. The predicted octanol–water partition coefficient (Wildman–Crippen LogP) is 2.07. The van der Waals surface area contributed by atoms with E-state index in [-0.39, 0.29) is 11.7 Å². The molecular formula is C15H17N3O3. The van der Waals surface area contributed by atoms with Gasteiger partial charge in [-0.05, 0) is 12.1 Å². The lowest BCUT2D eigenvalue weighted by Crippen LogP contribution is -2.36. The van der Waals surface area contributed by atoms with Crippen molar-refractivity contribution in [2.75, 3.05) is 36.5 Å². The number of anilines is 2. The van der Waals surface area contributed by atoms with E-state index >= 15 is 0 Å². The van der Waals surface area contributed by atoms with Gasteiger partial charge in [0.2, 0.25) is 5.76 Å². The average Bonchev–Trinajstić information content (AvgIpc) is 2.95. The van der Waals surface area contributed by atoms with E-state index in [0.717, 1.165) is 24.5 Å². The number of carbonyl (C=O) groups is 1. The molecule has 6 nitrogen and oxygen atoms in total. The van der Waals surface area contributed by atoms with Crippen molar-refractivity contribution in [2.24, 2.45) is 0 Å². The lowest BCUT2D eigenvalue weighted by Gasteiger charge is -2.30. The van der Waals surface area contributed by atoms with Gasteiger partial charge < -0.3 is 19.4 Å². The van der Waals surface area contributed by atoms with Gasteiger partial charge in [0.05, 0.1) is 30.8 Å². The predicted molar refractivity (Wildman–Crippen MR) is 78.7 cm³/mol. The fourth-order valence-electron chi connectivity index (χ4n) is 2.31. The molecule has 1 N–H and O–H groups in total. The molecule has 0 saturated carbocycles. The fraction of sp³-hybridized carbons (Fsp3) is 0.333. The highest BCUT2D eigenvalue weighted by Gasteiger charge is 2.17. The van der Waals surface area contributed by atoms with E-state index in [9.17, 15) is 4.79 Å². The minimum Gasteiger partial charge on any atom is -0.436 e. The number of ether oxygens (including phenoxy) is 1. The quantitative estimate of drug-likeness (QED) is 0.936. The van der Waals surface area contributed by atoms with Crippen molar-refractivity contribution in [1.82, 2.24) is 4.98 Å². The summed E-state index contributed by atoms with van der Waals surface area (Å²) in [5, 5.41) is 2.88. The molecule has 0 spiro atoms. The molecule has 6 heteroatoms. The number of hydrogen-bond donors (Lipinski definition) is 1. The smallest absolute Gasteiger partial charge is 0.293 e. The van der Waals surface area contributed by atoms with E-state index in [2.05, 4.69) is 15.2 Å². The van der Waals surface area contributed by atoms with Crippen LogP contribution in [-0.2, 0) is 4.74 Å². The molecule has 0 bridgehead atoms. The number of carbonyl (C=O) groups excluding carboxylic acids is 1. The van der Waals surface area contributed by atoms with Crippen LogP contribution >= 0.6 is 0 Å². The number of amides is 1. The Kier molecular flexibility index (Phi) is 3.87. The molecule has 0 atom stereocenters. The Bertz CT molecular complexity index is 633. The Balaban J connectivity index is 1.80. The van der Waals surface area contributed by atoms with Crippen LogP contribution < -0.4 is 10.2 Å². The number of oxazole rings is 1. The first-order chi connectivity index (χ1) is 10.2. The number of aromatic nitrogens is 1. The van der Waals surface area contributed by atoms with Crippen LogP contribution in [0.1, 0.15) is 16.4 Å². The lowest BCUT2D eigenvalue weighted by atomic mass is 10.2. The van der Waals surface area contributed by atoms with Crippen molar-refractivity contribution in [1.29, 1.82) is 0 Å². The minimum absolute atomic E-state index is 0.212. The second-order valence-corrected chi connectivity index (χ2v) is 4.81. The first-order valence-corrected chi connectivity index (χ1v) is 6.89. The van der Waals surface area contributed by atoms with E-state index in [0.29, 0.717) is 19.1 Å². The molecular weight excluding hydrogens is 270 g/mol. The molecule has 0 radical (unpaired) electrons. The molecule has 1 aromatic heterocycles. The van der Waals surface area contributed by atoms with Gasteiger partial charge in [-0.25, -0.2) is 4.98 Å². The van der Waals surface area contributed by atoms with Crippen LogP contribution in [0.2, 0.25) is 0 Å². The summed E-state index contributed by atoms with van der Waals surface area (Å²) in [6.45, 7) is 4.73. The molecule has 1 aliphatic rings. The van der Waals surface area contributed by atoms with Crippen LogP contribution in [0.15, 0.2) is 34.9 Å². The normalized spacial score (nSPS) is 15.0. The topological polar surface area (TPSA) is 67.6 Å². The SMILES string of the molecule is Cc1ncc(C(=O)Nc2ccccc2N2CCOCC2)o1. The monoisotopic (exact) mass is 287 g/mol. The summed E-state index contributed by atoms with van der Waals surface area (Å²) in [6, 6.07) is 7.72. The van der Waals surface area contributed by atoms with E-state index in [1.165, 1.54) is 6.20 Å². The van der Waals surface area contributed by atoms with Gasteiger partial charge in [-0.3, -0.25) is 4.79 Å². The number of morpholine rings is 1. The third kappa shape index (κ3) is 3.05. The maximum absolute atomic E-state index is 12.2. The molecule has 3 rings (SSSR count). The van der Waals surface area contributed by atoms with Crippen LogP contribution in [0.5, 0.6) is 0 Å². The van der Waals surface area contributed by atoms with E-state index in [1.54, 1.807) is 6.92 Å². The molecule has 21 heavy (non-hydrogen) atoms. The molecule has 0 aliphatic carbocycles. The molecule has 1 aliphatic heterocycles. The maximum atomic E-state index is 12.2. The van der Waals surface area contributed by atoms with Crippen LogP contribution in [0, 0.1) is 6.92 Å². The summed E-state index contributed by atoms with van der Waals surface area (Å²) in [7, 11) is 0. The van der Waals surface area contributed by atoms with Gasteiger partial charge in [-0.2, -0.15) is 0 Å². The van der Waals surface area contributed by atoms with Gasteiger partial charge in [0.1, 0.15) is 0 Å². The maximum Gasteiger partial charge on any atom is 0.293 e. The van der Waals surface area contributed by atoms with Gasteiger partial charge >= 0.3 is 0 Å². The molecule has 0 unspecified atom stereocenters. The van der Waals surface area contributed by atoms with Crippen molar-refractivity contribution < 1.29 is 13.9 Å². The summed E-state index contributed by atoms with van der Waals surface area (Å²) in [6.07, 6.45) is 1.43. The van der Waals surface area contributed by atoms with Crippen molar-refractivity contribution in [3.05, 3.63) is 42.1 Å². The lowest BCUT2D eigenvalue weighted by molar-refractivity contribution is 0.0995. The zero-order valence-electron chi connectivity index (χ0n) is 11.8. The second-order valence-electron chi connectivity index (χ2n) is 4.81. The van der Waals surface area contributed by atoms with Gasteiger partial charge in [0.15, 0.2) is 5.89 Å². The molecule has 1 fully saturated rings. The van der Waals surface area contributed by atoms with Gasteiger partial charge in [-0.1, -0.05) is 12.1 Å². The van der Waals surface area contributed by atoms with Gasteiger partial charge in [0, 0.05) is 20.0 Å². The van der Waals surface area contributed by atoms with Gasteiger partial charge in [0.25, 0.3) is 5.91 Å². The number of aryl methyl sites for hydroxylation is 1. The third-order valence-corrected chi connectivity index (χ3v) is 3.35. The summed E-state index contributed by atoms with van der Waals surface area (Å²) in [4.78, 5) is 18.3. The molecule has 2 aromatic rings. The summed E-state index contributed by atoms with van der Waals surface area (Å²) in [5.74, 6) is 0.391. The second kappa shape index (κ2) is 5.97. The zero-order chi connectivity index (χ0) is 14.7. The highest BCUT2D eigenvalue weighted by atomic mass is 16.5. The Morgan fingerprint density at radius 1 is 1.29 bits per heavy atom. The van der Waals surface area contributed by atoms with Crippen LogP contribution in [0.4, 0.5) is 11.4 Å². The highest BCUT2D eigenvalue weighted by molar-refractivity contribution is 6.04. The Labute approximate surface area is 122 Å². The average molecular weight is 287 g/mol. The number of para-hydroxylation sites is 2. The number of rotatable bonds is 3. The highest BCUT2D eigenvalue weighted by Crippen LogP contribution is 2.26. The standard InChI is InChI=1S/C15H17N3O3/c1-11-16-10-14(21-11)15(19)17-12-4-2-3-5-13(12)18-6-8-20-9-7-18/h2-5,10H,6-9H2,1H3,(H,17,19). The molecule has 1 aromatic carbocycles. The Morgan fingerprint density at radius 2 is 2.05 bits per heavy atom. The zero-order valence-corrected chi connectivity index (χ0v) is 11.8. The molecule has 1 saturated heterocycles. The van der Waals surface area contributed by atoms with Crippen molar-refractivity contribution >= 4 is 17.3 Å². The fourth-order valence-corrected chi connectivity index (χ4v) is 2.31. The number of hydrogen-bond acceptors (Lipinski definition) is 5. The summed E-state index contributed by atoms with van der Waals surface area (Å²) in [5.41, 5.74) is 1.75. The van der Waals surface area contributed by atoms with Crippen LogP contribution in [0.25, 0.3) is 0 Å². The number of benzene rings is 1. The first kappa shape index (κ1) is 13.6. The first-order valence-electron chi connectivity index (χ1n) is 6.89. The van der Waals surface area contributed by atoms with Crippen LogP contribution in [-0.4, -0.2) is 37.2 Å².